The van der Waals surface area contributed by atoms with E-state index in [4.69, 9.17) is 35.2 Å². The molecule has 2 fully saturated rings. The van der Waals surface area contributed by atoms with E-state index in [2.05, 4.69) is 35.1 Å². The molecule has 2 aliphatic rings. The predicted octanol–water partition coefficient (Wildman–Crippen LogP) is 4.36. The van der Waals surface area contributed by atoms with Crippen LogP contribution in [0.1, 0.15) is 248 Å². The molecule has 0 aromatic heterocycles. The number of rotatable bonds is 51. The maximum Gasteiger partial charge on any atom is 0.289 e. The van der Waals surface area contributed by atoms with E-state index in [1.165, 1.54) is 118 Å². The summed E-state index contributed by atoms with van der Waals surface area (Å²) in [6, 6.07) is -6.74. The van der Waals surface area contributed by atoms with Crippen molar-refractivity contribution < 1.29 is 87.9 Å². The summed E-state index contributed by atoms with van der Waals surface area (Å²) in [7, 11) is 0. The van der Waals surface area contributed by atoms with Gasteiger partial charge in [0, 0.05) is 26.7 Å². The fourth-order valence-electron chi connectivity index (χ4n) is 11.6. The van der Waals surface area contributed by atoms with E-state index in [1.807, 2.05) is 0 Å². The van der Waals surface area contributed by atoms with Crippen LogP contribution in [0, 0.1) is 0 Å². The lowest BCUT2D eigenvalue weighted by molar-refractivity contribution is -0.272. The molecular weight excluding hydrogens is 1170 g/mol. The Morgan fingerprint density at radius 2 is 0.989 bits per heavy atom. The van der Waals surface area contributed by atoms with Gasteiger partial charge in [0.1, 0.15) is 54.7 Å². The molecule has 14 N–H and O–H groups in total. The number of aliphatic hydroxyl groups excluding tert-OH is 6. The van der Waals surface area contributed by atoms with Crippen molar-refractivity contribution in [1.29, 1.82) is 0 Å². The molecule has 14 atom stereocenters. The summed E-state index contributed by atoms with van der Waals surface area (Å²) in [5.74, 6) is -8.48. The number of hydrogen-bond donors (Lipinski definition) is 12. The molecule has 0 bridgehead atoms. The van der Waals surface area contributed by atoms with Gasteiger partial charge in [-0.15, -0.1) is 0 Å². The number of primary amides is 1. The van der Waals surface area contributed by atoms with Crippen molar-refractivity contribution in [2.75, 3.05) is 33.0 Å². The Bertz CT molecular complexity index is 1990. The highest BCUT2D eigenvalue weighted by atomic mass is 16.7. The lowest BCUT2D eigenvalue weighted by Gasteiger charge is -2.46. The van der Waals surface area contributed by atoms with Crippen molar-refractivity contribution in [1.82, 2.24) is 26.2 Å². The number of carbonyl (C=O) groups is 7. The first-order valence-corrected chi connectivity index (χ1v) is 34.2. The molecule has 0 saturated carbocycles. The van der Waals surface area contributed by atoms with Crippen molar-refractivity contribution in [2.24, 2.45) is 11.5 Å². The maximum atomic E-state index is 16.2. The number of nitrogens with one attached hydrogen (secondary N) is 4. The first-order chi connectivity index (χ1) is 43.0. The van der Waals surface area contributed by atoms with Gasteiger partial charge in [-0.1, -0.05) is 181 Å². The number of unbranched alkanes of at least 4 members (excludes halogenated alkanes) is 26. The lowest BCUT2D eigenvalue weighted by atomic mass is 9.88. The number of amides is 7. The van der Waals surface area contributed by atoms with Crippen molar-refractivity contribution in [3.05, 3.63) is 0 Å². The Labute approximate surface area is 536 Å². The summed E-state index contributed by atoms with van der Waals surface area (Å²) in [4.78, 5) is 96.0. The fourth-order valence-corrected chi connectivity index (χ4v) is 11.6. The first-order valence-electron chi connectivity index (χ1n) is 34.2. The molecule has 2 unspecified atom stereocenters. The highest BCUT2D eigenvalue weighted by molar-refractivity contribution is 6.02. The highest BCUT2D eigenvalue weighted by Gasteiger charge is 2.54. The number of nitrogens with zero attached hydrogens (tertiary/aromatic N) is 1. The van der Waals surface area contributed by atoms with Gasteiger partial charge in [0.2, 0.25) is 29.5 Å². The van der Waals surface area contributed by atoms with E-state index < -0.39 is 165 Å². The van der Waals surface area contributed by atoms with Crippen LogP contribution in [0.5, 0.6) is 0 Å². The SMILES string of the molecule is CCCCCCCCCCCCCCCCOC(CC1O[C@H](CO)[C@@H](O)[C@H](O)[C@H]1NC(C)=O)(OCCCCCCCCCCCCCCCC)C(=O)N(CC(C)O[C@H]1[C@H](O)[C@@H](CO)O[C@H](O)[C@@H]1NC(C)=O)C(=O)[C@H](C)NC(=O)CC[C@@H](NC(=O)[C@H](C)N)C(N)=O. The van der Waals surface area contributed by atoms with Crippen molar-refractivity contribution >= 4 is 41.4 Å². The van der Waals surface area contributed by atoms with Crippen molar-refractivity contribution in [2.45, 2.75) is 339 Å². The Hall–Kier alpha value is -3.99. The average molecular weight is 1290 g/mol. The summed E-state index contributed by atoms with van der Waals surface area (Å²) >= 11 is 0. The number of aliphatic hydroxyl groups is 6. The first kappa shape index (κ1) is 82.1. The quantitative estimate of drug-likeness (QED) is 0.0297. The van der Waals surface area contributed by atoms with Crippen LogP contribution in [0.4, 0.5) is 0 Å². The Morgan fingerprint density at radius 1 is 0.567 bits per heavy atom. The van der Waals surface area contributed by atoms with Crippen molar-refractivity contribution in [3.8, 4) is 0 Å². The monoisotopic (exact) mass is 1290 g/mol. The standard InChI is InChI=1S/C65H121N7O18/c1-8-10-12-14-16-18-20-22-24-26-28-30-32-34-38-86-65(40-50-54(69-47(6)75)58(80)56(78)51(42-73)89-50,87-39-35-33-31-29-27-25-23-21-19-17-15-13-11-9-2)64(85)72(41-44(3)88-59-55(70-48(7)76)63(84)90-52(43-74)57(59)79)62(83)46(5)68-53(77)37-36-49(60(67)81)71-61(82)45(4)66/h44-46,49-52,54-59,63,73-74,78-80,84H,8-43,66H2,1-7H3,(H2,67,81)(H,68,77)(H,69,75)(H,70,76)(H,71,82)/t44?,45-,46-,49+,50?,51+,52+,54-,55+,56+,57+,58+,59+,63-/m0/s1. The molecule has 524 valence electrons. The summed E-state index contributed by atoms with van der Waals surface area (Å²) < 4.78 is 31.4. The number of imide groups is 1. The van der Waals surface area contributed by atoms with Crippen LogP contribution >= 0.6 is 0 Å². The highest BCUT2D eigenvalue weighted by Crippen LogP contribution is 2.34. The molecule has 0 aromatic carbocycles. The molecule has 2 saturated heterocycles. The van der Waals surface area contributed by atoms with Crippen LogP contribution in [0.2, 0.25) is 0 Å². The van der Waals surface area contributed by atoms with Crippen LogP contribution < -0.4 is 32.7 Å². The van der Waals surface area contributed by atoms with Gasteiger partial charge in [-0.05, 0) is 40.0 Å². The molecule has 0 spiro atoms. The van der Waals surface area contributed by atoms with E-state index in [1.54, 1.807) is 0 Å². The molecular formula is C65H121N7O18. The minimum absolute atomic E-state index is 0.122. The van der Waals surface area contributed by atoms with Crippen LogP contribution in [0.15, 0.2) is 0 Å². The molecule has 0 aromatic rings. The fraction of sp³-hybridized carbons (Fsp3) is 0.892. The van der Waals surface area contributed by atoms with E-state index in [0.29, 0.717) is 25.7 Å². The minimum Gasteiger partial charge on any atom is -0.394 e. The van der Waals surface area contributed by atoms with E-state index >= 15 is 9.59 Å². The third kappa shape index (κ3) is 31.3. The van der Waals surface area contributed by atoms with Gasteiger partial charge in [0.25, 0.3) is 17.6 Å². The Morgan fingerprint density at radius 3 is 1.40 bits per heavy atom. The molecule has 25 nitrogen and oxygen atoms in total. The summed E-state index contributed by atoms with van der Waals surface area (Å²) in [5, 5.41) is 75.8. The third-order valence-electron chi connectivity index (χ3n) is 16.9. The zero-order chi connectivity index (χ0) is 67.0. The van der Waals surface area contributed by atoms with Crippen LogP contribution in [0.3, 0.4) is 0 Å². The van der Waals surface area contributed by atoms with Gasteiger partial charge < -0.3 is 87.1 Å². The topological polar surface area (TPSA) is 390 Å². The van der Waals surface area contributed by atoms with Crippen LogP contribution in [-0.2, 0) is 57.2 Å². The van der Waals surface area contributed by atoms with E-state index in [-0.39, 0.29) is 19.6 Å². The molecule has 2 aliphatic heterocycles. The van der Waals surface area contributed by atoms with Gasteiger partial charge in [-0.2, -0.15) is 0 Å². The van der Waals surface area contributed by atoms with Gasteiger partial charge in [0.15, 0.2) is 6.29 Å². The Kier molecular flexibility index (Phi) is 42.9. The second-order valence-electron chi connectivity index (χ2n) is 25.2. The molecule has 0 radical (unpaired) electrons. The summed E-state index contributed by atoms with van der Waals surface area (Å²) in [6.45, 7) is 8.36. The number of carbonyl (C=O) groups excluding carboxylic acids is 7. The normalized spacial score (nSPS) is 23.3. The molecule has 0 aliphatic carbocycles. The zero-order valence-electron chi connectivity index (χ0n) is 55.7. The number of nitrogens with two attached hydrogens (primary N) is 2. The van der Waals surface area contributed by atoms with Gasteiger partial charge >= 0.3 is 0 Å². The molecule has 2 heterocycles. The molecule has 90 heavy (non-hydrogen) atoms. The van der Waals surface area contributed by atoms with Gasteiger partial charge in [0.05, 0.1) is 57.3 Å². The smallest absolute Gasteiger partial charge is 0.289 e. The molecule has 25 heteroatoms. The predicted molar refractivity (Wildman–Crippen MR) is 339 cm³/mol. The molecule has 2 rings (SSSR count). The Balaban J connectivity index is 2.71. The maximum absolute atomic E-state index is 16.2. The summed E-state index contributed by atoms with van der Waals surface area (Å²) in [6.07, 6.45) is 14.4. The lowest BCUT2D eigenvalue weighted by Crippen LogP contribution is -2.67. The number of hydrogen-bond acceptors (Lipinski definition) is 19. The average Bonchev–Trinajstić information content (AvgIpc) is 0.976. The van der Waals surface area contributed by atoms with Gasteiger partial charge in [-0.25, -0.2) is 0 Å². The van der Waals surface area contributed by atoms with Gasteiger partial charge in [-0.3, -0.25) is 38.5 Å². The van der Waals surface area contributed by atoms with E-state index in [9.17, 15) is 54.6 Å². The van der Waals surface area contributed by atoms with Crippen LogP contribution in [0.25, 0.3) is 0 Å². The minimum atomic E-state index is -2.53. The van der Waals surface area contributed by atoms with Crippen molar-refractivity contribution in [3.63, 3.8) is 0 Å². The molecule has 7 amide bonds. The number of ether oxygens (including phenoxy) is 5. The van der Waals surface area contributed by atoms with E-state index in [0.717, 1.165) is 76.0 Å². The second-order valence-corrected chi connectivity index (χ2v) is 25.2. The zero-order valence-corrected chi connectivity index (χ0v) is 55.7. The van der Waals surface area contributed by atoms with Crippen LogP contribution in [-0.4, -0.2) is 201 Å². The summed E-state index contributed by atoms with van der Waals surface area (Å²) in [5.41, 5.74) is 11.2. The largest absolute Gasteiger partial charge is 0.394 e. The third-order valence-corrected chi connectivity index (χ3v) is 16.9. The second kappa shape index (κ2) is 47.0.